The summed E-state index contributed by atoms with van der Waals surface area (Å²) in [6.45, 7) is 10.5. The third-order valence-electron chi connectivity index (χ3n) is 7.40. The number of rotatable bonds is 2. The third kappa shape index (κ3) is 5.81. The van der Waals surface area contributed by atoms with Crippen molar-refractivity contribution in [2.45, 2.75) is 51.0 Å². The van der Waals surface area contributed by atoms with Crippen LogP contribution in [0.1, 0.15) is 59.4 Å². The van der Waals surface area contributed by atoms with E-state index >= 15 is 0 Å². The molecule has 0 saturated heterocycles. The van der Waals surface area contributed by atoms with Crippen molar-refractivity contribution in [3.05, 3.63) is 101 Å². The largest absolute Gasteiger partial charge is 0.475 e. The second-order valence-electron chi connectivity index (χ2n) is 11.4. The molecule has 0 fully saturated rings. The standard InChI is InChI=1S/C32H34N4O4S/c1-20-9-7-10-21(2)29(20)26-18-28-34-31(33-26)35-41(38,39)25-12-8-11-23(17-25)30(37)36(6)27(19-40-28)22-13-15-24(16-14-22)32(3,4)5/h7-18,27H,19H2,1-6H3,(H,33,34,35). The molecule has 1 aromatic heterocycles. The van der Waals surface area contributed by atoms with Crippen LogP contribution in [0.4, 0.5) is 5.95 Å². The molecule has 5 rings (SSSR count). The van der Waals surface area contributed by atoms with Crippen molar-refractivity contribution in [3.63, 3.8) is 0 Å². The molecule has 0 aliphatic carbocycles. The highest BCUT2D eigenvalue weighted by atomic mass is 32.2. The fourth-order valence-electron chi connectivity index (χ4n) is 5.01. The maximum absolute atomic E-state index is 13.7. The van der Waals surface area contributed by atoms with Crippen LogP contribution >= 0.6 is 0 Å². The fourth-order valence-corrected chi connectivity index (χ4v) is 6.00. The smallest absolute Gasteiger partial charge is 0.264 e. The van der Waals surface area contributed by atoms with Crippen molar-refractivity contribution in [1.82, 2.24) is 14.9 Å². The van der Waals surface area contributed by atoms with Crippen molar-refractivity contribution < 1.29 is 17.9 Å². The topological polar surface area (TPSA) is 101 Å². The summed E-state index contributed by atoms with van der Waals surface area (Å²) in [5.74, 6) is -0.252. The lowest BCUT2D eigenvalue weighted by atomic mass is 9.86. The highest BCUT2D eigenvalue weighted by Crippen LogP contribution is 2.32. The minimum atomic E-state index is -4.10. The molecule has 1 atom stereocenters. The maximum Gasteiger partial charge on any atom is 0.264 e. The van der Waals surface area contributed by atoms with Crippen LogP contribution in [0.2, 0.25) is 0 Å². The van der Waals surface area contributed by atoms with Gasteiger partial charge in [-0.2, -0.15) is 4.98 Å². The van der Waals surface area contributed by atoms with E-state index in [0.717, 1.165) is 22.3 Å². The molecule has 4 bridgehead atoms. The van der Waals surface area contributed by atoms with Crippen LogP contribution in [0.3, 0.4) is 0 Å². The summed E-state index contributed by atoms with van der Waals surface area (Å²) in [6.07, 6.45) is 0. The van der Waals surface area contributed by atoms with E-state index in [0.29, 0.717) is 5.69 Å². The Hall–Kier alpha value is -4.24. The number of aromatic nitrogens is 2. The summed E-state index contributed by atoms with van der Waals surface area (Å²) in [5.41, 5.74) is 5.64. The first-order valence-corrected chi connectivity index (χ1v) is 14.9. The van der Waals surface area contributed by atoms with Gasteiger partial charge in [0, 0.05) is 24.2 Å². The van der Waals surface area contributed by atoms with Gasteiger partial charge in [-0.15, -0.1) is 0 Å². The lowest BCUT2D eigenvalue weighted by Gasteiger charge is -2.29. The van der Waals surface area contributed by atoms with E-state index in [-0.39, 0.29) is 40.2 Å². The predicted octanol–water partition coefficient (Wildman–Crippen LogP) is 6.06. The van der Waals surface area contributed by atoms with Gasteiger partial charge in [0.05, 0.1) is 16.6 Å². The molecule has 1 aliphatic heterocycles. The molecule has 212 valence electrons. The third-order valence-corrected chi connectivity index (χ3v) is 8.72. The zero-order valence-electron chi connectivity index (χ0n) is 24.1. The Morgan fingerprint density at radius 3 is 2.24 bits per heavy atom. The number of carbonyl (C=O) groups is 1. The van der Waals surface area contributed by atoms with Gasteiger partial charge in [-0.3, -0.25) is 4.79 Å². The monoisotopic (exact) mass is 570 g/mol. The van der Waals surface area contributed by atoms with Gasteiger partial charge >= 0.3 is 0 Å². The zero-order chi connectivity index (χ0) is 29.5. The van der Waals surface area contributed by atoms with Gasteiger partial charge in [0.1, 0.15) is 6.61 Å². The summed E-state index contributed by atoms with van der Waals surface area (Å²) in [4.78, 5) is 24.2. The summed E-state index contributed by atoms with van der Waals surface area (Å²) in [5, 5.41) is 0. The molecular weight excluding hydrogens is 536 g/mol. The SMILES string of the molecule is Cc1cccc(C)c1-c1cc2nc(n1)NS(=O)(=O)c1cccc(c1)C(=O)N(C)C(c1ccc(C(C)(C)C)cc1)CO2. The van der Waals surface area contributed by atoms with Crippen molar-refractivity contribution in [1.29, 1.82) is 0 Å². The number of anilines is 1. The fraction of sp³-hybridized carbons (Fsp3) is 0.281. The lowest BCUT2D eigenvalue weighted by molar-refractivity contribution is 0.0672. The number of carbonyl (C=O) groups excluding carboxylic acids is 1. The van der Waals surface area contributed by atoms with Crippen LogP contribution in [0, 0.1) is 13.8 Å². The Balaban J connectivity index is 1.66. The number of amides is 1. The van der Waals surface area contributed by atoms with Crippen molar-refractivity contribution in [2.24, 2.45) is 0 Å². The number of benzene rings is 3. The Morgan fingerprint density at radius 1 is 0.927 bits per heavy atom. The molecule has 8 nitrogen and oxygen atoms in total. The van der Waals surface area contributed by atoms with E-state index < -0.39 is 16.1 Å². The summed E-state index contributed by atoms with van der Waals surface area (Å²) in [6, 6.07) is 21.2. The summed E-state index contributed by atoms with van der Waals surface area (Å²) in [7, 11) is -2.41. The Bertz CT molecular complexity index is 1710. The molecule has 9 heteroatoms. The van der Waals surface area contributed by atoms with Gasteiger partial charge in [-0.25, -0.2) is 18.1 Å². The molecule has 0 spiro atoms. The minimum absolute atomic E-state index is 0.0259. The Morgan fingerprint density at radius 2 is 1.59 bits per heavy atom. The number of fused-ring (bicyclic) bond motifs is 4. The molecule has 1 aliphatic rings. The number of sulfonamides is 1. The number of nitrogens with one attached hydrogen (secondary N) is 1. The van der Waals surface area contributed by atoms with E-state index in [1.165, 1.54) is 17.7 Å². The van der Waals surface area contributed by atoms with Crippen molar-refractivity contribution >= 4 is 21.9 Å². The summed E-state index contributed by atoms with van der Waals surface area (Å²) >= 11 is 0. The number of aryl methyl sites for hydroxylation is 2. The van der Waals surface area contributed by atoms with Crippen LogP contribution in [-0.2, 0) is 15.4 Å². The van der Waals surface area contributed by atoms with Gasteiger partial charge in [0.2, 0.25) is 11.8 Å². The van der Waals surface area contributed by atoms with E-state index in [4.69, 9.17) is 4.74 Å². The molecule has 4 aromatic rings. The summed E-state index contributed by atoms with van der Waals surface area (Å²) < 4.78 is 35.5. The number of likely N-dealkylation sites (N-methyl/N-ethyl adjacent to an activating group) is 1. The first-order chi connectivity index (χ1) is 19.3. The van der Waals surface area contributed by atoms with E-state index in [2.05, 4.69) is 47.6 Å². The van der Waals surface area contributed by atoms with E-state index in [1.54, 1.807) is 30.1 Å². The molecule has 2 heterocycles. The van der Waals surface area contributed by atoms with E-state index in [1.807, 2.05) is 44.2 Å². The first kappa shape index (κ1) is 28.3. The Labute approximate surface area is 241 Å². The van der Waals surface area contributed by atoms with Crippen molar-refractivity contribution in [2.75, 3.05) is 18.4 Å². The zero-order valence-corrected chi connectivity index (χ0v) is 24.9. The molecular formula is C32H34N4O4S. The van der Waals surface area contributed by atoms with Gasteiger partial charge < -0.3 is 9.64 Å². The second-order valence-corrected chi connectivity index (χ2v) is 13.1. The van der Waals surface area contributed by atoms with Gasteiger partial charge in [-0.05, 0) is 59.7 Å². The molecule has 1 amide bonds. The average molecular weight is 571 g/mol. The quantitative estimate of drug-likeness (QED) is 0.314. The van der Waals surface area contributed by atoms with Crippen LogP contribution < -0.4 is 9.46 Å². The molecule has 3 aromatic carbocycles. The first-order valence-electron chi connectivity index (χ1n) is 13.4. The highest BCUT2D eigenvalue weighted by Gasteiger charge is 2.27. The predicted molar refractivity (Wildman–Crippen MR) is 160 cm³/mol. The van der Waals surface area contributed by atoms with Crippen LogP contribution in [0.15, 0.2) is 77.7 Å². The van der Waals surface area contributed by atoms with Gasteiger partial charge in [0.15, 0.2) is 0 Å². The second kappa shape index (κ2) is 10.6. The molecule has 1 unspecified atom stereocenters. The number of ether oxygens (including phenoxy) is 1. The average Bonchev–Trinajstić information content (AvgIpc) is 2.92. The van der Waals surface area contributed by atoms with Gasteiger partial charge in [-0.1, -0.05) is 69.3 Å². The number of hydrogen-bond donors (Lipinski definition) is 1. The van der Waals surface area contributed by atoms with Crippen LogP contribution in [0.5, 0.6) is 5.88 Å². The van der Waals surface area contributed by atoms with Gasteiger partial charge in [0.25, 0.3) is 15.9 Å². The molecule has 0 radical (unpaired) electrons. The maximum atomic E-state index is 13.7. The highest BCUT2D eigenvalue weighted by molar-refractivity contribution is 7.92. The molecule has 41 heavy (non-hydrogen) atoms. The van der Waals surface area contributed by atoms with Crippen molar-refractivity contribution in [3.8, 4) is 17.1 Å². The molecule has 1 N–H and O–H groups in total. The van der Waals surface area contributed by atoms with E-state index in [9.17, 15) is 13.2 Å². The Kier molecular flexibility index (Phi) is 7.33. The molecule has 0 saturated carbocycles. The number of nitrogens with zero attached hydrogens (tertiary/aromatic N) is 3. The normalized spacial score (nSPS) is 17.0. The minimum Gasteiger partial charge on any atom is -0.475 e. The number of hydrogen-bond acceptors (Lipinski definition) is 6. The van der Waals surface area contributed by atoms with Crippen LogP contribution in [0.25, 0.3) is 11.3 Å². The van der Waals surface area contributed by atoms with Crippen LogP contribution in [-0.4, -0.2) is 42.8 Å². The lowest BCUT2D eigenvalue weighted by Crippen LogP contribution is -2.35.